The van der Waals surface area contributed by atoms with Crippen molar-refractivity contribution in [2.45, 2.75) is 0 Å². The highest BCUT2D eigenvalue weighted by molar-refractivity contribution is 6.23. The number of benzene rings is 9. The maximum absolute atomic E-state index is 5.05. The summed E-state index contributed by atoms with van der Waals surface area (Å²) < 4.78 is 7.18. The van der Waals surface area contributed by atoms with Crippen LogP contribution in [0.25, 0.3) is 117 Å². The Morgan fingerprint density at radius 2 is 0.769 bits per heavy atom. The fraction of sp³-hybridized carbons (Fsp3) is 0. The van der Waals surface area contributed by atoms with Crippen LogP contribution in [0, 0.1) is 0 Å². The van der Waals surface area contributed by atoms with Gasteiger partial charge in [0.2, 0.25) is 0 Å². The lowest BCUT2D eigenvalue weighted by Crippen LogP contribution is -2.00. The molecule has 6 heteroatoms. The second-order valence-corrected chi connectivity index (χ2v) is 16.5. The predicted octanol–water partition coefficient (Wildman–Crippen LogP) is 14.7. The molecule has 13 rings (SSSR count). The molecular weight excluding hydrogens is 793 g/mol. The molecule has 0 bridgehead atoms. The molecule has 0 aliphatic heterocycles. The number of aromatic nitrogens is 6. The van der Waals surface area contributed by atoms with E-state index < -0.39 is 0 Å². The minimum absolute atomic E-state index is 0.627. The maximum atomic E-state index is 5.05. The molecule has 0 saturated heterocycles. The summed E-state index contributed by atoms with van der Waals surface area (Å²) in [6, 6.07) is 79.5. The summed E-state index contributed by atoms with van der Waals surface area (Å²) in [6.45, 7) is 0. The zero-order chi connectivity index (χ0) is 42.8. The van der Waals surface area contributed by atoms with Crippen molar-refractivity contribution in [1.82, 2.24) is 28.7 Å². The van der Waals surface area contributed by atoms with Crippen molar-refractivity contribution >= 4 is 54.5 Å². The van der Waals surface area contributed by atoms with E-state index in [0.29, 0.717) is 17.5 Å². The van der Waals surface area contributed by atoms with E-state index in [4.69, 9.17) is 15.0 Å². The van der Waals surface area contributed by atoms with E-state index in [1.165, 1.54) is 43.5 Å². The third kappa shape index (κ3) is 6.07. The normalized spacial score (nSPS) is 11.7. The van der Waals surface area contributed by atoms with Gasteiger partial charge in [-0.2, -0.15) is 0 Å². The van der Waals surface area contributed by atoms with Crippen molar-refractivity contribution in [1.29, 1.82) is 0 Å². The van der Waals surface area contributed by atoms with Crippen molar-refractivity contribution < 1.29 is 0 Å². The van der Waals surface area contributed by atoms with Gasteiger partial charge in [0.05, 0.1) is 27.6 Å². The third-order valence-electron chi connectivity index (χ3n) is 12.7. The smallest absolute Gasteiger partial charge is 0.164 e. The van der Waals surface area contributed by atoms with Gasteiger partial charge >= 0.3 is 0 Å². The number of para-hydroxylation sites is 3. The average molecular weight is 831 g/mol. The Morgan fingerprint density at radius 3 is 1.46 bits per heavy atom. The molecular formula is C59H38N6. The molecule has 4 aromatic heterocycles. The van der Waals surface area contributed by atoms with Gasteiger partial charge in [-0.25, -0.2) is 15.0 Å². The summed E-state index contributed by atoms with van der Waals surface area (Å²) >= 11 is 0. The molecule has 0 fully saturated rings. The van der Waals surface area contributed by atoms with Gasteiger partial charge in [-0.1, -0.05) is 152 Å². The SMILES string of the molecule is c1ccc(-c2nc(-c3ccccc3)nc(-c3cccc(-c4cccc(-n5c6cc7c8ccccc8n(-c8ccccc8)c7cc6c6ccc7c(ccn7-c7ccccc7)c65)c4)c3)n2)cc1. The van der Waals surface area contributed by atoms with Crippen molar-refractivity contribution in [2.24, 2.45) is 0 Å². The van der Waals surface area contributed by atoms with E-state index in [0.717, 1.165) is 55.9 Å². The van der Waals surface area contributed by atoms with Gasteiger partial charge < -0.3 is 13.7 Å². The molecule has 0 saturated carbocycles. The maximum Gasteiger partial charge on any atom is 0.164 e. The number of fused-ring (bicyclic) bond motifs is 8. The third-order valence-corrected chi connectivity index (χ3v) is 12.7. The summed E-state index contributed by atoms with van der Waals surface area (Å²) in [7, 11) is 0. The number of rotatable bonds is 7. The van der Waals surface area contributed by atoms with Gasteiger partial charge in [0.1, 0.15) is 0 Å². The summed E-state index contributed by atoms with van der Waals surface area (Å²) in [5.74, 6) is 1.91. The van der Waals surface area contributed by atoms with Crippen LogP contribution in [0.3, 0.4) is 0 Å². The first-order chi connectivity index (χ1) is 32.2. The monoisotopic (exact) mass is 830 g/mol. The molecule has 304 valence electrons. The van der Waals surface area contributed by atoms with Gasteiger partial charge in [0, 0.05) is 66.9 Å². The van der Waals surface area contributed by atoms with E-state index in [2.05, 4.69) is 184 Å². The highest BCUT2D eigenvalue weighted by Gasteiger charge is 2.22. The fourth-order valence-corrected chi connectivity index (χ4v) is 9.72. The quantitative estimate of drug-likeness (QED) is 0.161. The van der Waals surface area contributed by atoms with E-state index in [1.54, 1.807) is 0 Å². The molecule has 0 spiro atoms. The lowest BCUT2D eigenvalue weighted by atomic mass is 10.0. The van der Waals surface area contributed by atoms with Crippen LogP contribution < -0.4 is 0 Å². The van der Waals surface area contributed by atoms with Crippen molar-refractivity contribution in [2.75, 3.05) is 0 Å². The van der Waals surface area contributed by atoms with Gasteiger partial charge in [0.15, 0.2) is 17.5 Å². The second kappa shape index (κ2) is 14.9. The zero-order valence-electron chi connectivity index (χ0n) is 35.1. The first-order valence-electron chi connectivity index (χ1n) is 21.9. The Hall–Kier alpha value is -8.87. The molecule has 0 radical (unpaired) electrons. The summed E-state index contributed by atoms with van der Waals surface area (Å²) in [5.41, 5.74) is 14.2. The van der Waals surface area contributed by atoms with Crippen molar-refractivity contribution in [3.63, 3.8) is 0 Å². The van der Waals surface area contributed by atoms with E-state index in [1.807, 2.05) is 60.7 Å². The Balaban J connectivity index is 1.03. The first-order valence-corrected chi connectivity index (χ1v) is 21.9. The van der Waals surface area contributed by atoms with Crippen molar-refractivity contribution in [3.05, 3.63) is 231 Å². The standard InChI is InChI=1S/C59H38N6/c1-5-17-39(18-6-1)57-60-58(40-19-7-2-8-20-40)62-59(61-57)43-23-15-21-41(35-43)42-22-16-28-46(36-42)65-55-37-50-47-29-13-14-30-53(47)64(45-26-11-4-12-27-45)54(50)38-51(55)48-31-32-52-49(56(48)65)33-34-63(52)44-24-9-3-10-25-44/h1-38H. The average Bonchev–Trinajstić information content (AvgIpc) is 4.07. The van der Waals surface area contributed by atoms with E-state index in [9.17, 15) is 0 Å². The summed E-state index contributed by atoms with van der Waals surface area (Å²) in [5, 5.41) is 6.03. The molecule has 13 aromatic rings. The van der Waals surface area contributed by atoms with Crippen LogP contribution in [0.5, 0.6) is 0 Å². The van der Waals surface area contributed by atoms with Crippen LogP contribution in [-0.2, 0) is 0 Å². The van der Waals surface area contributed by atoms with E-state index in [-0.39, 0.29) is 0 Å². The molecule has 0 N–H and O–H groups in total. The highest BCUT2D eigenvalue weighted by Crippen LogP contribution is 2.43. The van der Waals surface area contributed by atoms with Crippen LogP contribution >= 0.6 is 0 Å². The van der Waals surface area contributed by atoms with Crippen LogP contribution in [0.2, 0.25) is 0 Å². The van der Waals surface area contributed by atoms with Gasteiger partial charge in [-0.05, 0) is 83.9 Å². The largest absolute Gasteiger partial charge is 0.316 e. The van der Waals surface area contributed by atoms with Gasteiger partial charge in [-0.15, -0.1) is 0 Å². The minimum atomic E-state index is 0.627. The molecule has 0 aliphatic carbocycles. The van der Waals surface area contributed by atoms with Gasteiger partial charge in [0.25, 0.3) is 0 Å². The molecule has 0 aliphatic rings. The Labute approximate surface area is 374 Å². The Morgan fingerprint density at radius 1 is 0.262 bits per heavy atom. The molecule has 0 atom stereocenters. The fourth-order valence-electron chi connectivity index (χ4n) is 9.72. The van der Waals surface area contributed by atoms with E-state index >= 15 is 0 Å². The predicted molar refractivity (Wildman–Crippen MR) is 267 cm³/mol. The molecule has 0 amide bonds. The zero-order valence-corrected chi connectivity index (χ0v) is 35.1. The Bertz CT molecular complexity index is 3870. The topological polar surface area (TPSA) is 53.5 Å². The van der Waals surface area contributed by atoms with Gasteiger partial charge in [-0.3, -0.25) is 0 Å². The Kier molecular flexibility index (Phi) is 8.42. The number of hydrogen-bond acceptors (Lipinski definition) is 3. The molecule has 65 heavy (non-hydrogen) atoms. The molecule has 0 unspecified atom stereocenters. The first kappa shape index (κ1) is 36.8. The lowest BCUT2D eigenvalue weighted by molar-refractivity contribution is 1.07. The summed E-state index contributed by atoms with van der Waals surface area (Å²) in [4.78, 5) is 15.0. The number of hydrogen-bond donors (Lipinski definition) is 0. The summed E-state index contributed by atoms with van der Waals surface area (Å²) in [6.07, 6.45) is 2.20. The van der Waals surface area contributed by atoms with Crippen LogP contribution in [0.1, 0.15) is 0 Å². The van der Waals surface area contributed by atoms with Crippen LogP contribution in [0.4, 0.5) is 0 Å². The van der Waals surface area contributed by atoms with Crippen LogP contribution in [0.15, 0.2) is 231 Å². The highest BCUT2D eigenvalue weighted by atomic mass is 15.0. The minimum Gasteiger partial charge on any atom is -0.316 e. The molecule has 4 heterocycles. The van der Waals surface area contributed by atoms with Crippen LogP contribution in [-0.4, -0.2) is 28.7 Å². The molecule has 9 aromatic carbocycles. The molecule has 6 nitrogen and oxygen atoms in total. The second-order valence-electron chi connectivity index (χ2n) is 16.5. The number of nitrogens with zero attached hydrogens (tertiary/aromatic N) is 6. The van der Waals surface area contributed by atoms with Crippen molar-refractivity contribution in [3.8, 4) is 62.4 Å². The lowest BCUT2D eigenvalue weighted by Gasteiger charge is -2.13.